The van der Waals surface area contributed by atoms with Crippen molar-refractivity contribution in [3.63, 3.8) is 0 Å². The predicted molar refractivity (Wildman–Crippen MR) is 98.4 cm³/mol. The molecule has 2 aliphatic carbocycles. The van der Waals surface area contributed by atoms with Crippen LogP contribution in [0.5, 0.6) is 0 Å². The molecule has 3 rings (SSSR count). The second-order valence-corrected chi connectivity index (χ2v) is 6.50. The number of aromatic nitrogens is 1. The minimum Gasteiger partial charge on any atom is -0.380 e. The van der Waals surface area contributed by atoms with Gasteiger partial charge < -0.3 is 15.4 Å². The molecule has 0 spiro atoms. The van der Waals surface area contributed by atoms with Gasteiger partial charge in [-0.1, -0.05) is 0 Å². The van der Waals surface area contributed by atoms with E-state index in [4.69, 9.17) is 10.5 Å². The lowest BCUT2D eigenvalue weighted by Gasteiger charge is -2.35. The highest BCUT2D eigenvalue weighted by atomic mass is 35.5. The Morgan fingerprint density at radius 3 is 2.46 bits per heavy atom. The molecule has 2 aliphatic rings. The van der Waals surface area contributed by atoms with Crippen molar-refractivity contribution in [1.29, 1.82) is 0 Å². The fraction of sp³-hybridized carbons (Fsp3) is 0.647. The van der Waals surface area contributed by atoms with Gasteiger partial charge in [-0.05, 0) is 49.8 Å². The third-order valence-corrected chi connectivity index (χ3v) is 4.86. The largest absolute Gasteiger partial charge is 0.380 e. The van der Waals surface area contributed by atoms with E-state index < -0.39 is 0 Å². The summed E-state index contributed by atoms with van der Waals surface area (Å²) in [4.78, 5) is 19.0. The maximum absolute atomic E-state index is 12.9. The van der Waals surface area contributed by atoms with Crippen LogP contribution in [0.15, 0.2) is 24.5 Å². The van der Waals surface area contributed by atoms with Gasteiger partial charge in [0.25, 0.3) is 0 Å². The smallest absolute Gasteiger partial charge is 0.226 e. The van der Waals surface area contributed by atoms with Crippen molar-refractivity contribution in [2.24, 2.45) is 11.7 Å². The number of hydrogen-bond donors (Lipinski definition) is 1. The number of carbonyl (C=O) groups excluding carboxylic acids is 1. The summed E-state index contributed by atoms with van der Waals surface area (Å²) in [5.74, 6) is 0.313. The zero-order valence-corrected chi connectivity index (χ0v) is 15.6. The number of hydrogen-bond acceptors (Lipinski definition) is 4. The van der Waals surface area contributed by atoms with Crippen LogP contribution in [0.1, 0.15) is 37.7 Å². The lowest BCUT2D eigenvalue weighted by Crippen LogP contribution is -2.47. The minimum absolute atomic E-state index is 0. The lowest BCUT2D eigenvalue weighted by atomic mass is 9.83. The van der Waals surface area contributed by atoms with Crippen molar-refractivity contribution in [2.75, 3.05) is 7.11 Å². The quantitative estimate of drug-likeness (QED) is 0.858. The molecule has 24 heavy (non-hydrogen) atoms. The highest BCUT2D eigenvalue weighted by Gasteiger charge is 2.39. The van der Waals surface area contributed by atoms with Crippen LogP contribution in [0.3, 0.4) is 0 Å². The average molecular weight is 376 g/mol. The predicted octanol–water partition coefficient (Wildman–Crippen LogP) is 2.56. The third kappa shape index (κ3) is 5.06. The van der Waals surface area contributed by atoms with E-state index in [1.165, 1.54) is 0 Å². The number of nitrogens with zero attached hydrogens (tertiary/aromatic N) is 2. The molecule has 3 atom stereocenters. The van der Waals surface area contributed by atoms with Gasteiger partial charge in [0.15, 0.2) is 0 Å². The molecule has 2 saturated carbocycles. The van der Waals surface area contributed by atoms with Gasteiger partial charge in [0.05, 0.1) is 6.10 Å². The number of halogens is 2. The van der Waals surface area contributed by atoms with Crippen molar-refractivity contribution >= 4 is 30.7 Å². The van der Waals surface area contributed by atoms with E-state index in [-0.39, 0.29) is 48.8 Å². The van der Waals surface area contributed by atoms with Gasteiger partial charge in [0.2, 0.25) is 5.91 Å². The summed E-state index contributed by atoms with van der Waals surface area (Å²) in [5, 5.41) is 0. The zero-order chi connectivity index (χ0) is 15.5. The van der Waals surface area contributed by atoms with Gasteiger partial charge in [-0.3, -0.25) is 9.78 Å². The Labute approximate surface area is 156 Å². The number of nitrogens with two attached hydrogens (primary N) is 1. The molecule has 2 fully saturated rings. The summed E-state index contributed by atoms with van der Waals surface area (Å²) in [6.07, 6.45) is 8.39. The number of methoxy groups -OCH3 is 1. The number of carbonyl (C=O) groups is 1. The van der Waals surface area contributed by atoms with Crippen molar-refractivity contribution in [2.45, 2.75) is 56.8 Å². The average Bonchev–Trinajstić information content (AvgIpc) is 3.37. The molecule has 0 bridgehead atoms. The number of ether oxygens (including phenoxy) is 1. The van der Waals surface area contributed by atoms with Crippen LogP contribution >= 0.6 is 24.8 Å². The summed E-state index contributed by atoms with van der Waals surface area (Å²) < 4.78 is 5.39. The minimum atomic E-state index is -0.0327. The molecular formula is C17H27Cl2N3O2. The van der Waals surface area contributed by atoms with E-state index in [0.717, 1.165) is 37.7 Å². The van der Waals surface area contributed by atoms with Gasteiger partial charge >= 0.3 is 0 Å². The maximum atomic E-state index is 12.9. The van der Waals surface area contributed by atoms with Crippen LogP contribution in [0.4, 0.5) is 0 Å². The van der Waals surface area contributed by atoms with E-state index in [0.29, 0.717) is 12.6 Å². The highest BCUT2D eigenvalue weighted by Crippen LogP contribution is 2.33. The van der Waals surface area contributed by atoms with Crippen LogP contribution in [-0.2, 0) is 16.1 Å². The standard InChI is InChI=1S/C17H25N3O2.2ClH/c1-22-16-5-2-13(10-15(16)18)17(21)20(14-3-4-14)11-12-6-8-19-9-7-12;;/h6-9,13-16H,2-5,10-11,18H2,1H3;2*1H/t13-,15+,16+;;/m0../s1. The Bertz CT molecular complexity index is 514. The molecule has 2 N–H and O–H groups in total. The van der Waals surface area contributed by atoms with Gasteiger partial charge in [0, 0.05) is 44.0 Å². The maximum Gasteiger partial charge on any atom is 0.226 e. The van der Waals surface area contributed by atoms with Crippen LogP contribution in [0, 0.1) is 5.92 Å². The van der Waals surface area contributed by atoms with Gasteiger partial charge in [-0.2, -0.15) is 0 Å². The summed E-state index contributed by atoms with van der Waals surface area (Å²) in [6, 6.07) is 4.35. The number of pyridine rings is 1. The fourth-order valence-electron chi connectivity index (χ4n) is 3.39. The molecule has 1 aromatic heterocycles. The Hall–Kier alpha value is -0.880. The molecule has 0 unspecified atom stereocenters. The summed E-state index contributed by atoms with van der Waals surface area (Å²) in [7, 11) is 1.70. The normalized spacial score (nSPS) is 26.0. The van der Waals surface area contributed by atoms with Gasteiger partial charge in [-0.15, -0.1) is 24.8 Å². The fourth-order valence-corrected chi connectivity index (χ4v) is 3.39. The first-order chi connectivity index (χ1) is 10.7. The summed E-state index contributed by atoms with van der Waals surface area (Å²) in [5.41, 5.74) is 7.30. The summed E-state index contributed by atoms with van der Waals surface area (Å²) in [6.45, 7) is 0.686. The number of amides is 1. The van der Waals surface area contributed by atoms with E-state index in [2.05, 4.69) is 9.88 Å². The Morgan fingerprint density at radius 2 is 1.92 bits per heavy atom. The Morgan fingerprint density at radius 1 is 1.25 bits per heavy atom. The number of rotatable bonds is 5. The topological polar surface area (TPSA) is 68.5 Å². The van der Waals surface area contributed by atoms with E-state index in [1.54, 1.807) is 19.5 Å². The van der Waals surface area contributed by atoms with E-state index in [1.807, 2.05) is 12.1 Å². The monoisotopic (exact) mass is 375 g/mol. The highest BCUT2D eigenvalue weighted by molar-refractivity contribution is 5.85. The van der Waals surface area contributed by atoms with E-state index in [9.17, 15) is 4.79 Å². The van der Waals surface area contributed by atoms with Crippen molar-refractivity contribution in [3.8, 4) is 0 Å². The molecule has 1 aromatic rings. The lowest BCUT2D eigenvalue weighted by molar-refractivity contribution is -0.139. The third-order valence-electron chi connectivity index (χ3n) is 4.86. The molecule has 1 heterocycles. The van der Waals surface area contributed by atoms with Crippen molar-refractivity contribution in [1.82, 2.24) is 9.88 Å². The molecule has 7 heteroatoms. The molecule has 0 radical (unpaired) electrons. The SMILES string of the molecule is CO[C@@H]1CC[C@H](C(=O)N(Cc2ccncc2)C2CC2)C[C@H]1N.Cl.Cl. The Balaban J connectivity index is 0.00000144. The van der Waals surface area contributed by atoms with Gasteiger partial charge in [-0.25, -0.2) is 0 Å². The van der Waals surface area contributed by atoms with Crippen LogP contribution < -0.4 is 5.73 Å². The van der Waals surface area contributed by atoms with E-state index >= 15 is 0 Å². The van der Waals surface area contributed by atoms with Crippen molar-refractivity contribution < 1.29 is 9.53 Å². The molecule has 136 valence electrons. The second-order valence-electron chi connectivity index (χ2n) is 6.50. The molecule has 0 aromatic carbocycles. The van der Waals surface area contributed by atoms with Gasteiger partial charge in [0.1, 0.15) is 0 Å². The first kappa shape index (κ1) is 21.2. The zero-order valence-electron chi connectivity index (χ0n) is 14.0. The summed E-state index contributed by atoms with van der Waals surface area (Å²) >= 11 is 0. The Kier molecular flexibility index (Phi) is 8.43. The van der Waals surface area contributed by atoms with Crippen LogP contribution in [0.2, 0.25) is 0 Å². The molecule has 0 saturated heterocycles. The molecule has 5 nitrogen and oxygen atoms in total. The molecule has 0 aliphatic heterocycles. The second kappa shape index (κ2) is 9.56. The first-order valence-corrected chi connectivity index (χ1v) is 8.16. The first-order valence-electron chi connectivity index (χ1n) is 8.16. The van der Waals surface area contributed by atoms with Crippen LogP contribution in [0.25, 0.3) is 0 Å². The van der Waals surface area contributed by atoms with Crippen LogP contribution in [-0.4, -0.2) is 41.1 Å². The molecule has 1 amide bonds. The molecular weight excluding hydrogens is 349 g/mol. The van der Waals surface area contributed by atoms with Crippen molar-refractivity contribution in [3.05, 3.63) is 30.1 Å².